The first-order valence-corrected chi connectivity index (χ1v) is 12.4. The van der Waals surface area contributed by atoms with Crippen LogP contribution in [0, 0.1) is 11.8 Å². The van der Waals surface area contributed by atoms with Crippen LogP contribution < -0.4 is 9.47 Å². The van der Waals surface area contributed by atoms with Gasteiger partial charge in [-0.05, 0) is 85.4 Å². The molecule has 0 spiro atoms. The molecule has 0 aromatic heterocycles. The van der Waals surface area contributed by atoms with Crippen LogP contribution in [0.4, 0.5) is 0 Å². The number of benzene rings is 2. The smallest absolute Gasteiger partial charge is 0.127 e. The van der Waals surface area contributed by atoms with Crippen LogP contribution in [-0.4, -0.2) is 0 Å². The number of allylic oxidation sites excluding steroid dienone is 10. The first kappa shape index (κ1) is 24.6. The highest BCUT2D eigenvalue weighted by molar-refractivity contribution is 5.43. The third-order valence-corrected chi connectivity index (χ3v) is 7.18. The molecule has 4 rings (SSSR count). The molecule has 2 aromatic rings. The highest BCUT2D eigenvalue weighted by atomic mass is 16.5. The lowest BCUT2D eigenvalue weighted by Crippen LogP contribution is -2.18. The van der Waals surface area contributed by atoms with Gasteiger partial charge in [0.2, 0.25) is 0 Å². The topological polar surface area (TPSA) is 18.5 Å². The van der Waals surface area contributed by atoms with Gasteiger partial charge in [-0.25, -0.2) is 0 Å². The number of rotatable bonds is 6. The van der Waals surface area contributed by atoms with E-state index in [-0.39, 0.29) is 5.41 Å². The van der Waals surface area contributed by atoms with E-state index in [9.17, 15) is 0 Å². The molecule has 2 heteroatoms. The molecule has 0 saturated carbocycles. The van der Waals surface area contributed by atoms with Gasteiger partial charge in [-0.1, -0.05) is 87.4 Å². The summed E-state index contributed by atoms with van der Waals surface area (Å²) in [5.74, 6) is 4.25. The van der Waals surface area contributed by atoms with Crippen molar-refractivity contribution in [2.24, 2.45) is 11.8 Å². The van der Waals surface area contributed by atoms with E-state index in [0.717, 1.165) is 23.0 Å². The molecule has 2 nitrogen and oxygen atoms in total. The van der Waals surface area contributed by atoms with Crippen molar-refractivity contribution in [3.05, 3.63) is 131 Å². The van der Waals surface area contributed by atoms with E-state index in [0.29, 0.717) is 11.8 Å². The molecule has 2 atom stereocenters. The molecule has 2 unspecified atom stereocenters. The maximum Gasteiger partial charge on any atom is 0.127 e. The molecule has 0 fully saturated rings. The van der Waals surface area contributed by atoms with Crippen LogP contribution >= 0.6 is 0 Å². The minimum Gasteiger partial charge on any atom is -0.457 e. The largest absolute Gasteiger partial charge is 0.457 e. The Kier molecular flexibility index (Phi) is 7.31. The highest BCUT2D eigenvalue weighted by Crippen LogP contribution is 2.34. The second-order valence-electron chi connectivity index (χ2n) is 10.1. The van der Waals surface area contributed by atoms with Crippen LogP contribution in [0.1, 0.15) is 52.7 Å². The summed E-state index contributed by atoms with van der Waals surface area (Å²) in [4.78, 5) is 0. The minimum atomic E-state index is -0.148. The molecule has 2 aliphatic carbocycles. The van der Waals surface area contributed by atoms with Gasteiger partial charge in [-0.3, -0.25) is 0 Å². The number of hydrogen-bond acceptors (Lipinski definition) is 2. The van der Waals surface area contributed by atoms with Gasteiger partial charge in [0.25, 0.3) is 0 Å². The highest BCUT2D eigenvalue weighted by Gasteiger charge is 2.23. The summed E-state index contributed by atoms with van der Waals surface area (Å²) in [5, 5.41) is 0. The first-order chi connectivity index (χ1) is 16.7. The molecular weight excluding hydrogens is 428 g/mol. The van der Waals surface area contributed by atoms with Crippen LogP contribution in [-0.2, 0) is 5.41 Å². The number of hydrogen-bond donors (Lipinski definition) is 0. The summed E-state index contributed by atoms with van der Waals surface area (Å²) in [6.45, 7) is 13.2. The van der Waals surface area contributed by atoms with Gasteiger partial charge in [0.15, 0.2) is 0 Å². The van der Waals surface area contributed by atoms with Gasteiger partial charge in [0.1, 0.15) is 23.0 Å². The summed E-state index contributed by atoms with van der Waals surface area (Å²) < 4.78 is 12.2. The van der Waals surface area contributed by atoms with E-state index in [4.69, 9.17) is 9.47 Å². The molecule has 0 radical (unpaired) electrons. The van der Waals surface area contributed by atoms with Gasteiger partial charge < -0.3 is 9.47 Å². The van der Waals surface area contributed by atoms with Crippen LogP contribution in [0.25, 0.3) is 0 Å². The zero-order valence-electron chi connectivity index (χ0n) is 21.7. The first-order valence-electron chi connectivity index (χ1n) is 12.4. The van der Waals surface area contributed by atoms with Crippen molar-refractivity contribution >= 4 is 0 Å². The van der Waals surface area contributed by atoms with Gasteiger partial charge in [-0.15, -0.1) is 0 Å². The Balaban J connectivity index is 1.45. The fourth-order valence-electron chi connectivity index (χ4n) is 4.08. The fourth-order valence-corrected chi connectivity index (χ4v) is 4.08. The lowest BCUT2D eigenvalue weighted by atomic mass is 9.78. The van der Waals surface area contributed by atoms with Crippen LogP contribution in [0.5, 0.6) is 11.5 Å². The predicted octanol–water partition coefficient (Wildman–Crippen LogP) is 8.84. The Morgan fingerprint density at radius 2 is 0.943 bits per heavy atom. The lowest BCUT2D eigenvalue weighted by Gasteiger charge is -2.26. The molecule has 0 N–H and O–H groups in total. The zero-order valence-corrected chi connectivity index (χ0v) is 21.7. The van der Waals surface area contributed by atoms with Crippen molar-refractivity contribution in [3.8, 4) is 11.5 Å². The average molecular weight is 465 g/mol. The van der Waals surface area contributed by atoms with Crippen LogP contribution in [0.15, 0.2) is 120 Å². The molecule has 2 aromatic carbocycles. The molecule has 180 valence electrons. The van der Waals surface area contributed by atoms with E-state index in [1.807, 2.05) is 12.2 Å². The van der Waals surface area contributed by atoms with Crippen molar-refractivity contribution in [2.75, 3.05) is 0 Å². The third-order valence-electron chi connectivity index (χ3n) is 7.18. The lowest BCUT2D eigenvalue weighted by molar-refractivity contribution is 0.443. The predicted molar refractivity (Wildman–Crippen MR) is 147 cm³/mol. The summed E-state index contributed by atoms with van der Waals surface area (Å²) in [6.07, 6.45) is 16.8. The second kappa shape index (κ2) is 10.4. The van der Waals surface area contributed by atoms with E-state index in [2.05, 4.69) is 127 Å². The number of ether oxygens (including phenoxy) is 2. The van der Waals surface area contributed by atoms with Crippen molar-refractivity contribution < 1.29 is 9.47 Å². The second-order valence-corrected chi connectivity index (χ2v) is 10.1. The van der Waals surface area contributed by atoms with E-state index in [1.165, 1.54) is 22.3 Å². The monoisotopic (exact) mass is 464 g/mol. The summed E-state index contributed by atoms with van der Waals surface area (Å²) in [6, 6.07) is 16.8. The normalized spacial score (nSPS) is 20.2. The quantitative estimate of drug-likeness (QED) is 0.425. The SMILES string of the molecule is CC1=CC=C(Oc2ccc(C(C)(C)c3ccc(OC4=CC=C(C)C(C)C=C4)cc3)cc2)C=CC1C. The van der Waals surface area contributed by atoms with Crippen molar-refractivity contribution in [2.45, 2.75) is 47.0 Å². The van der Waals surface area contributed by atoms with Crippen LogP contribution in [0.3, 0.4) is 0 Å². The molecule has 2 aliphatic rings. The molecule has 0 heterocycles. The Bertz CT molecular complexity index is 1130. The van der Waals surface area contributed by atoms with Crippen molar-refractivity contribution in [3.63, 3.8) is 0 Å². The van der Waals surface area contributed by atoms with Gasteiger partial charge in [-0.2, -0.15) is 0 Å². The Labute approximate surface area is 210 Å². The maximum atomic E-state index is 6.11. The van der Waals surface area contributed by atoms with Crippen molar-refractivity contribution in [1.29, 1.82) is 0 Å². The minimum absolute atomic E-state index is 0.148. The Morgan fingerprint density at radius 3 is 1.31 bits per heavy atom. The third kappa shape index (κ3) is 5.95. The molecule has 35 heavy (non-hydrogen) atoms. The Morgan fingerprint density at radius 1 is 0.571 bits per heavy atom. The average Bonchev–Trinajstić information content (AvgIpc) is 3.11. The van der Waals surface area contributed by atoms with Gasteiger partial charge in [0.05, 0.1) is 0 Å². The van der Waals surface area contributed by atoms with Gasteiger partial charge in [0, 0.05) is 5.41 Å². The molecular formula is C33H36O2. The van der Waals surface area contributed by atoms with Gasteiger partial charge >= 0.3 is 0 Å². The summed E-state index contributed by atoms with van der Waals surface area (Å²) >= 11 is 0. The van der Waals surface area contributed by atoms with E-state index < -0.39 is 0 Å². The van der Waals surface area contributed by atoms with E-state index in [1.54, 1.807) is 0 Å². The maximum absolute atomic E-state index is 6.11. The van der Waals surface area contributed by atoms with E-state index >= 15 is 0 Å². The van der Waals surface area contributed by atoms with Crippen molar-refractivity contribution in [1.82, 2.24) is 0 Å². The molecule has 0 amide bonds. The van der Waals surface area contributed by atoms with Crippen LogP contribution in [0.2, 0.25) is 0 Å². The Hall–Kier alpha value is -3.52. The standard InChI is InChI=1S/C33H36O2/c1-23-7-15-29(16-8-24(23)2)34-31-19-11-27(12-20-31)33(5,6)28-13-21-32(22-14-28)35-30-17-9-25(3)26(4)10-18-30/h7-23,25H,1-6H3. The molecule has 0 aliphatic heterocycles. The summed E-state index contributed by atoms with van der Waals surface area (Å²) in [5.41, 5.74) is 4.98. The fraction of sp³-hybridized carbons (Fsp3) is 0.273. The molecule has 0 bridgehead atoms. The zero-order chi connectivity index (χ0) is 25.0. The summed E-state index contributed by atoms with van der Waals surface area (Å²) in [7, 11) is 0. The molecule has 0 saturated heterocycles.